The molecule has 1 heterocycles. The summed E-state index contributed by atoms with van der Waals surface area (Å²) in [6, 6.07) is 14.1. The molecule has 2 N–H and O–H groups in total. The number of aryl methyl sites for hydroxylation is 1. The van der Waals surface area contributed by atoms with E-state index in [4.69, 9.17) is 9.47 Å². The fourth-order valence-corrected chi connectivity index (χ4v) is 2.56. The predicted molar refractivity (Wildman–Crippen MR) is 103 cm³/mol. The summed E-state index contributed by atoms with van der Waals surface area (Å²) in [6.45, 7) is 1.97. The number of benzene rings is 2. The SMILES string of the molecule is COc1ccc(NC(=O)c2cc(-c3ccc(C)cc3)nc(=O)[nH]2)cc1OC. The third kappa shape index (κ3) is 4.14. The average molecular weight is 365 g/mol. The van der Waals surface area contributed by atoms with Crippen molar-refractivity contribution in [3.63, 3.8) is 0 Å². The molecule has 1 amide bonds. The van der Waals surface area contributed by atoms with Crippen LogP contribution >= 0.6 is 0 Å². The van der Waals surface area contributed by atoms with E-state index in [0.29, 0.717) is 22.9 Å². The largest absolute Gasteiger partial charge is 0.493 e. The number of nitrogens with one attached hydrogen (secondary N) is 2. The topological polar surface area (TPSA) is 93.3 Å². The molecule has 0 unspecified atom stereocenters. The number of hydrogen-bond donors (Lipinski definition) is 2. The van der Waals surface area contributed by atoms with Crippen LogP contribution in [0.4, 0.5) is 5.69 Å². The third-order valence-corrected chi connectivity index (χ3v) is 3.98. The van der Waals surface area contributed by atoms with Crippen LogP contribution in [0.1, 0.15) is 16.1 Å². The van der Waals surface area contributed by atoms with Gasteiger partial charge in [0, 0.05) is 17.3 Å². The maximum Gasteiger partial charge on any atom is 0.346 e. The van der Waals surface area contributed by atoms with Gasteiger partial charge in [0.2, 0.25) is 0 Å². The van der Waals surface area contributed by atoms with Crippen molar-refractivity contribution >= 4 is 11.6 Å². The van der Waals surface area contributed by atoms with Gasteiger partial charge in [-0.2, -0.15) is 4.98 Å². The van der Waals surface area contributed by atoms with Gasteiger partial charge < -0.3 is 19.8 Å². The summed E-state index contributed by atoms with van der Waals surface area (Å²) in [7, 11) is 3.04. The lowest BCUT2D eigenvalue weighted by molar-refractivity contribution is 0.102. The second-order valence-corrected chi connectivity index (χ2v) is 5.88. The van der Waals surface area contributed by atoms with Crippen LogP contribution in [-0.2, 0) is 0 Å². The first-order chi connectivity index (χ1) is 13.0. The van der Waals surface area contributed by atoms with Gasteiger partial charge in [-0.3, -0.25) is 4.79 Å². The Bertz CT molecular complexity index is 1030. The summed E-state index contributed by atoms with van der Waals surface area (Å²) >= 11 is 0. The van der Waals surface area contributed by atoms with Gasteiger partial charge in [0.25, 0.3) is 5.91 Å². The molecule has 138 valence electrons. The molecule has 0 atom stereocenters. The molecule has 0 spiro atoms. The van der Waals surface area contributed by atoms with Gasteiger partial charge in [-0.05, 0) is 25.1 Å². The highest BCUT2D eigenvalue weighted by atomic mass is 16.5. The number of carbonyl (C=O) groups excluding carboxylic acids is 1. The molecule has 0 fully saturated rings. The zero-order valence-electron chi connectivity index (χ0n) is 15.2. The molecule has 7 nitrogen and oxygen atoms in total. The Hall–Kier alpha value is -3.61. The van der Waals surface area contributed by atoms with Crippen molar-refractivity contribution < 1.29 is 14.3 Å². The third-order valence-electron chi connectivity index (χ3n) is 3.98. The quantitative estimate of drug-likeness (QED) is 0.725. The Morgan fingerprint density at radius 2 is 1.70 bits per heavy atom. The lowest BCUT2D eigenvalue weighted by Crippen LogP contribution is -2.21. The molecule has 0 bridgehead atoms. The van der Waals surface area contributed by atoms with Crippen LogP contribution in [0.3, 0.4) is 0 Å². The van der Waals surface area contributed by atoms with Crippen LogP contribution < -0.4 is 20.5 Å². The number of anilines is 1. The summed E-state index contributed by atoms with van der Waals surface area (Å²) in [5.74, 6) is 0.573. The first-order valence-corrected chi connectivity index (χ1v) is 8.22. The van der Waals surface area contributed by atoms with Gasteiger partial charge >= 0.3 is 5.69 Å². The van der Waals surface area contributed by atoms with Crippen LogP contribution in [-0.4, -0.2) is 30.1 Å². The van der Waals surface area contributed by atoms with E-state index in [1.807, 2.05) is 31.2 Å². The summed E-state index contributed by atoms with van der Waals surface area (Å²) in [5, 5.41) is 2.73. The van der Waals surface area contributed by atoms with Crippen LogP contribution in [0.2, 0.25) is 0 Å². The number of ether oxygens (including phenoxy) is 2. The van der Waals surface area contributed by atoms with Gasteiger partial charge in [0.1, 0.15) is 5.69 Å². The van der Waals surface area contributed by atoms with Crippen molar-refractivity contribution in [2.45, 2.75) is 6.92 Å². The zero-order valence-corrected chi connectivity index (χ0v) is 15.2. The Kier molecular flexibility index (Phi) is 5.21. The smallest absolute Gasteiger partial charge is 0.346 e. The number of methoxy groups -OCH3 is 2. The highest BCUT2D eigenvalue weighted by Gasteiger charge is 2.12. The van der Waals surface area contributed by atoms with Crippen LogP contribution in [0, 0.1) is 6.92 Å². The minimum atomic E-state index is -0.592. The maximum atomic E-state index is 12.6. The summed E-state index contributed by atoms with van der Waals surface area (Å²) in [4.78, 5) is 30.9. The van der Waals surface area contributed by atoms with Crippen molar-refractivity contribution in [3.8, 4) is 22.8 Å². The number of aromatic amines is 1. The lowest BCUT2D eigenvalue weighted by Gasteiger charge is -2.11. The number of H-pyrrole nitrogens is 1. The predicted octanol–water partition coefficient (Wildman–Crippen LogP) is 3.01. The number of rotatable bonds is 5. The van der Waals surface area contributed by atoms with Crippen LogP contribution in [0.25, 0.3) is 11.3 Å². The van der Waals surface area contributed by atoms with Gasteiger partial charge in [0.15, 0.2) is 11.5 Å². The number of carbonyl (C=O) groups is 1. The van der Waals surface area contributed by atoms with Gasteiger partial charge in [-0.25, -0.2) is 4.79 Å². The summed E-state index contributed by atoms with van der Waals surface area (Å²) in [6.07, 6.45) is 0. The molecule has 1 aromatic heterocycles. The molecule has 0 radical (unpaired) electrons. The van der Waals surface area contributed by atoms with E-state index in [9.17, 15) is 9.59 Å². The molecule has 0 saturated heterocycles. The molecule has 0 aliphatic carbocycles. The molecule has 0 saturated carbocycles. The fourth-order valence-electron chi connectivity index (χ4n) is 2.56. The Labute approximate surface area is 156 Å². The molecule has 2 aromatic carbocycles. The monoisotopic (exact) mass is 365 g/mol. The highest BCUT2D eigenvalue weighted by Crippen LogP contribution is 2.29. The molecular formula is C20H19N3O4. The number of nitrogens with zero attached hydrogens (tertiary/aromatic N) is 1. The van der Waals surface area contributed by atoms with Crippen molar-refractivity contribution in [1.29, 1.82) is 0 Å². The van der Waals surface area contributed by atoms with Gasteiger partial charge in [-0.1, -0.05) is 29.8 Å². The summed E-state index contributed by atoms with van der Waals surface area (Å²) < 4.78 is 10.4. The Balaban J connectivity index is 1.89. The van der Waals surface area contributed by atoms with Crippen molar-refractivity contribution in [2.24, 2.45) is 0 Å². The van der Waals surface area contributed by atoms with E-state index in [1.54, 1.807) is 24.3 Å². The van der Waals surface area contributed by atoms with E-state index in [1.165, 1.54) is 14.2 Å². The number of aromatic nitrogens is 2. The first-order valence-electron chi connectivity index (χ1n) is 8.22. The van der Waals surface area contributed by atoms with Crippen LogP contribution in [0.5, 0.6) is 11.5 Å². The molecule has 0 aliphatic heterocycles. The summed E-state index contributed by atoms with van der Waals surface area (Å²) in [5.41, 5.74) is 2.30. The molecule has 3 aromatic rings. The lowest BCUT2D eigenvalue weighted by atomic mass is 10.1. The van der Waals surface area contributed by atoms with Gasteiger partial charge in [0.05, 0.1) is 19.9 Å². The normalized spacial score (nSPS) is 10.3. The maximum absolute atomic E-state index is 12.6. The molecule has 7 heteroatoms. The minimum Gasteiger partial charge on any atom is -0.493 e. The van der Waals surface area contributed by atoms with E-state index in [-0.39, 0.29) is 5.69 Å². The van der Waals surface area contributed by atoms with Crippen molar-refractivity contribution in [2.75, 3.05) is 19.5 Å². The Morgan fingerprint density at radius 1 is 1.00 bits per heavy atom. The van der Waals surface area contributed by atoms with Crippen molar-refractivity contribution in [3.05, 3.63) is 70.3 Å². The fraction of sp³-hybridized carbons (Fsp3) is 0.150. The average Bonchev–Trinajstić information content (AvgIpc) is 2.67. The van der Waals surface area contributed by atoms with Crippen LogP contribution in [0.15, 0.2) is 53.3 Å². The molecule has 0 aliphatic rings. The second kappa shape index (κ2) is 7.74. The standard InChI is InChI=1S/C20H19N3O4/c1-12-4-6-13(7-5-12)15-11-16(23-20(25)22-15)19(24)21-14-8-9-17(26-2)18(10-14)27-3/h4-11H,1-3H3,(H,21,24)(H,22,23,25). The number of amides is 1. The highest BCUT2D eigenvalue weighted by molar-refractivity contribution is 6.03. The molecule has 3 rings (SSSR count). The Morgan fingerprint density at radius 3 is 2.37 bits per heavy atom. The zero-order chi connectivity index (χ0) is 19.4. The van der Waals surface area contributed by atoms with Gasteiger partial charge in [-0.15, -0.1) is 0 Å². The van der Waals surface area contributed by atoms with E-state index >= 15 is 0 Å². The van der Waals surface area contributed by atoms with E-state index in [0.717, 1.165) is 11.1 Å². The number of hydrogen-bond acceptors (Lipinski definition) is 5. The molecule has 27 heavy (non-hydrogen) atoms. The minimum absolute atomic E-state index is 0.111. The second-order valence-electron chi connectivity index (χ2n) is 5.88. The van der Waals surface area contributed by atoms with E-state index < -0.39 is 11.6 Å². The van der Waals surface area contributed by atoms with E-state index in [2.05, 4.69) is 15.3 Å². The first kappa shape index (κ1) is 18.2. The molecular weight excluding hydrogens is 346 g/mol. The van der Waals surface area contributed by atoms with Crippen molar-refractivity contribution in [1.82, 2.24) is 9.97 Å².